The Morgan fingerprint density at radius 1 is 1.19 bits per heavy atom. The van der Waals surface area contributed by atoms with Gasteiger partial charge in [-0.25, -0.2) is 4.98 Å². The van der Waals surface area contributed by atoms with E-state index in [0.717, 1.165) is 62.2 Å². The first kappa shape index (κ1) is 19.5. The van der Waals surface area contributed by atoms with Gasteiger partial charge in [-0.05, 0) is 36.2 Å². The molecule has 0 saturated carbocycles. The summed E-state index contributed by atoms with van der Waals surface area (Å²) in [6, 6.07) is 16.1. The number of rotatable bonds is 4. The zero-order valence-corrected chi connectivity index (χ0v) is 18.3. The molecule has 2 aromatic carbocycles. The molecule has 0 radical (unpaired) electrons. The van der Waals surface area contributed by atoms with Crippen LogP contribution in [0.15, 0.2) is 48.5 Å². The fraction of sp³-hybridized carbons (Fsp3) is 0.400. The number of ether oxygens (including phenoxy) is 1. The van der Waals surface area contributed by atoms with Crippen molar-refractivity contribution in [3.05, 3.63) is 76.9 Å². The van der Waals surface area contributed by atoms with Gasteiger partial charge in [0.05, 0.1) is 12.0 Å². The monoisotopic (exact) mass is 429 g/mol. The number of aryl methyl sites for hydroxylation is 1. The minimum absolute atomic E-state index is 0.0943. The van der Waals surface area contributed by atoms with Crippen molar-refractivity contribution < 1.29 is 9.53 Å². The number of amides is 1. The number of hydrogen-bond donors (Lipinski definition) is 1. The van der Waals surface area contributed by atoms with Crippen LogP contribution in [0, 0.1) is 12.8 Å². The number of carbonyl (C=O) groups is 1. The molecule has 164 valence electrons. The molecule has 32 heavy (non-hydrogen) atoms. The second kappa shape index (κ2) is 7.45. The van der Waals surface area contributed by atoms with Gasteiger partial charge in [0.25, 0.3) is 5.91 Å². The lowest BCUT2D eigenvalue weighted by atomic mass is 9.80. The van der Waals surface area contributed by atoms with Gasteiger partial charge in [0, 0.05) is 50.6 Å². The van der Waals surface area contributed by atoms with Gasteiger partial charge in [-0.3, -0.25) is 14.8 Å². The van der Waals surface area contributed by atoms with E-state index in [1.54, 1.807) is 0 Å². The Kier molecular flexibility index (Phi) is 4.54. The number of nitrogens with zero attached hydrogens (tertiary/aromatic N) is 4. The zero-order valence-electron chi connectivity index (χ0n) is 18.3. The van der Waals surface area contributed by atoms with Gasteiger partial charge in [0.15, 0.2) is 5.82 Å². The van der Waals surface area contributed by atoms with Gasteiger partial charge in [-0.15, -0.1) is 0 Å². The highest BCUT2D eigenvalue weighted by molar-refractivity contribution is 5.94. The summed E-state index contributed by atoms with van der Waals surface area (Å²) in [5, 5.41) is 7.59. The Morgan fingerprint density at radius 2 is 2.06 bits per heavy atom. The Balaban J connectivity index is 1.26. The van der Waals surface area contributed by atoms with E-state index in [0.29, 0.717) is 12.5 Å². The molecule has 1 aromatic heterocycles. The molecule has 6 rings (SSSR count). The van der Waals surface area contributed by atoms with Crippen LogP contribution in [0.1, 0.15) is 33.1 Å². The summed E-state index contributed by atoms with van der Waals surface area (Å²) in [5.41, 5.74) is 3.12. The van der Waals surface area contributed by atoms with E-state index in [1.807, 2.05) is 42.2 Å². The minimum Gasteiger partial charge on any atom is -0.493 e. The summed E-state index contributed by atoms with van der Waals surface area (Å²) in [5.74, 6) is 3.08. The van der Waals surface area contributed by atoms with Crippen LogP contribution in [0.4, 0.5) is 0 Å². The van der Waals surface area contributed by atoms with Crippen LogP contribution < -0.4 is 4.74 Å². The first-order valence-corrected chi connectivity index (χ1v) is 11.3. The molecule has 3 aliphatic heterocycles. The number of aromatic nitrogens is 3. The molecule has 0 spiro atoms. The molecule has 0 unspecified atom stereocenters. The first-order chi connectivity index (χ1) is 15.6. The van der Waals surface area contributed by atoms with Gasteiger partial charge in [-0.2, -0.15) is 5.10 Å². The third-order valence-corrected chi connectivity index (χ3v) is 7.19. The van der Waals surface area contributed by atoms with E-state index in [1.165, 1.54) is 11.1 Å². The van der Waals surface area contributed by atoms with Crippen LogP contribution in [0.2, 0.25) is 0 Å². The van der Waals surface area contributed by atoms with Gasteiger partial charge >= 0.3 is 0 Å². The maximum atomic E-state index is 13.2. The highest BCUT2D eigenvalue weighted by Crippen LogP contribution is 2.44. The summed E-state index contributed by atoms with van der Waals surface area (Å²) in [6.45, 7) is 6.77. The molecule has 3 aromatic rings. The van der Waals surface area contributed by atoms with Gasteiger partial charge in [0.1, 0.15) is 11.6 Å². The smallest absolute Gasteiger partial charge is 0.253 e. The van der Waals surface area contributed by atoms with Crippen molar-refractivity contribution in [3.63, 3.8) is 0 Å². The number of hydrogen-bond acceptors (Lipinski definition) is 5. The number of nitrogens with one attached hydrogen (secondary N) is 1. The van der Waals surface area contributed by atoms with E-state index in [4.69, 9.17) is 9.72 Å². The quantitative estimate of drug-likeness (QED) is 0.690. The van der Waals surface area contributed by atoms with Crippen molar-refractivity contribution >= 4 is 5.91 Å². The Labute approximate surface area is 187 Å². The van der Waals surface area contributed by atoms with E-state index in [2.05, 4.69) is 33.3 Å². The SMILES string of the molecule is Cc1nc([C@@]23CN(Cc4ccc5c(c4)CCO5)C[C@@H]2CN(C(=O)c2ccccc2)C3)n[nH]1. The minimum atomic E-state index is -0.241. The maximum Gasteiger partial charge on any atom is 0.253 e. The van der Waals surface area contributed by atoms with Crippen LogP contribution in [0.5, 0.6) is 5.75 Å². The van der Waals surface area contributed by atoms with Crippen molar-refractivity contribution in [2.75, 3.05) is 32.8 Å². The van der Waals surface area contributed by atoms with Crippen molar-refractivity contribution in [1.82, 2.24) is 25.0 Å². The summed E-state index contributed by atoms with van der Waals surface area (Å²) in [7, 11) is 0. The fourth-order valence-corrected chi connectivity index (χ4v) is 5.69. The van der Waals surface area contributed by atoms with Crippen molar-refractivity contribution in [3.8, 4) is 5.75 Å². The Hall–Kier alpha value is -3.19. The molecular formula is C25H27N5O2. The molecule has 0 bridgehead atoms. The predicted molar refractivity (Wildman–Crippen MR) is 120 cm³/mol. The maximum absolute atomic E-state index is 13.2. The largest absolute Gasteiger partial charge is 0.493 e. The van der Waals surface area contributed by atoms with Crippen LogP contribution in [-0.2, 0) is 18.4 Å². The van der Waals surface area contributed by atoms with Crippen LogP contribution in [0.25, 0.3) is 0 Å². The van der Waals surface area contributed by atoms with Crippen LogP contribution in [-0.4, -0.2) is 63.7 Å². The van der Waals surface area contributed by atoms with E-state index >= 15 is 0 Å². The van der Waals surface area contributed by atoms with Gasteiger partial charge in [0.2, 0.25) is 0 Å². The number of likely N-dealkylation sites (tertiary alicyclic amines) is 2. The molecular weight excluding hydrogens is 402 g/mol. The Bertz CT molecular complexity index is 1160. The highest BCUT2D eigenvalue weighted by Gasteiger charge is 2.56. The van der Waals surface area contributed by atoms with Gasteiger partial charge < -0.3 is 9.64 Å². The Morgan fingerprint density at radius 3 is 2.88 bits per heavy atom. The average molecular weight is 430 g/mol. The van der Waals surface area contributed by atoms with Crippen LogP contribution in [0.3, 0.4) is 0 Å². The normalized spacial score (nSPS) is 24.4. The lowest BCUT2D eigenvalue weighted by molar-refractivity contribution is 0.0769. The van der Waals surface area contributed by atoms with Crippen molar-refractivity contribution in [1.29, 1.82) is 0 Å². The van der Waals surface area contributed by atoms with E-state index < -0.39 is 0 Å². The molecule has 1 amide bonds. The van der Waals surface area contributed by atoms with Crippen molar-refractivity contribution in [2.45, 2.75) is 25.3 Å². The first-order valence-electron chi connectivity index (χ1n) is 11.3. The van der Waals surface area contributed by atoms with Crippen molar-refractivity contribution in [2.24, 2.45) is 5.92 Å². The molecule has 7 nitrogen and oxygen atoms in total. The molecule has 1 N–H and O–H groups in total. The molecule has 2 saturated heterocycles. The summed E-state index contributed by atoms with van der Waals surface area (Å²) in [4.78, 5) is 22.4. The molecule has 0 aliphatic carbocycles. The summed E-state index contributed by atoms with van der Waals surface area (Å²) < 4.78 is 5.66. The summed E-state index contributed by atoms with van der Waals surface area (Å²) in [6.07, 6.45) is 0.989. The van der Waals surface area contributed by atoms with E-state index in [9.17, 15) is 4.79 Å². The number of H-pyrrole nitrogens is 1. The topological polar surface area (TPSA) is 74.3 Å². The third kappa shape index (κ3) is 3.19. The lowest BCUT2D eigenvalue weighted by Crippen LogP contribution is -2.40. The number of benzene rings is 2. The number of aromatic amines is 1. The summed E-state index contributed by atoms with van der Waals surface area (Å²) >= 11 is 0. The molecule has 4 heterocycles. The average Bonchev–Trinajstić information content (AvgIpc) is 3.56. The zero-order chi connectivity index (χ0) is 21.7. The third-order valence-electron chi connectivity index (χ3n) is 7.19. The fourth-order valence-electron chi connectivity index (χ4n) is 5.69. The van der Waals surface area contributed by atoms with Crippen LogP contribution >= 0.6 is 0 Å². The van der Waals surface area contributed by atoms with E-state index in [-0.39, 0.29) is 11.3 Å². The molecule has 7 heteroatoms. The second-order valence-electron chi connectivity index (χ2n) is 9.36. The molecule has 2 fully saturated rings. The standard InChI is InChI=1S/C25H27N5O2/c1-17-26-24(28-27-17)25-15-29(12-18-7-8-22-20(11-18)9-10-32-22)13-21(25)14-30(16-25)23(31)19-5-3-2-4-6-19/h2-8,11,21H,9-10,12-16H2,1H3,(H,26,27,28)/t21-,25-/m1/s1. The second-order valence-corrected chi connectivity index (χ2v) is 9.36. The van der Waals surface area contributed by atoms with Gasteiger partial charge in [-0.1, -0.05) is 30.3 Å². The number of fused-ring (bicyclic) bond motifs is 2. The predicted octanol–water partition coefficient (Wildman–Crippen LogP) is 2.57. The molecule has 2 atom stereocenters. The molecule has 3 aliphatic rings. The number of carbonyl (C=O) groups excluding carboxylic acids is 1. The highest BCUT2D eigenvalue weighted by atomic mass is 16.5. The lowest BCUT2D eigenvalue weighted by Gasteiger charge is -2.27.